The first-order valence-electron chi connectivity index (χ1n) is 6.17. The van der Waals surface area contributed by atoms with Crippen molar-refractivity contribution in [2.24, 2.45) is 5.92 Å². The van der Waals surface area contributed by atoms with Crippen molar-refractivity contribution in [2.45, 2.75) is 13.0 Å². The number of hydrogen-bond donors (Lipinski definition) is 1. The molecule has 0 radical (unpaired) electrons. The fourth-order valence-electron chi connectivity index (χ4n) is 2.35. The topological polar surface area (TPSA) is 58.6 Å². The van der Waals surface area contributed by atoms with Crippen LogP contribution in [0.25, 0.3) is 0 Å². The lowest BCUT2D eigenvalue weighted by Crippen LogP contribution is -2.49. The van der Waals surface area contributed by atoms with Gasteiger partial charge in [-0.1, -0.05) is 6.92 Å². The average molecular weight is 260 g/mol. The Labute approximate surface area is 104 Å². The summed E-state index contributed by atoms with van der Waals surface area (Å²) in [4.78, 5) is 14.1. The van der Waals surface area contributed by atoms with Gasteiger partial charge in [0.15, 0.2) is 0 Å². The Kier molecular flexibility index (Phi) is 4.53. The lowest BCUT2D eigenvalue weighted by Gasteiger charge is -2.30. The van der Waals surface area contributed by atoms with Crippen LogP contribution < -0.4 is 5.32 Å². The van der Waals surface area contributed by atoms with Gasteiger partial charge in [-0.2, -0.15) is 0 Å². The van der Waals surface area contributed by atoms with E-state index in [1.165, 1.54) is 0 Å². The summed E-state index contributed by atoms with van der Waals surface area (Å²) in [6.07, 6.45) is 0. The van der Waals surface area contributed by atoms with E-state index in [0.717, 1.165) is 6.54 Å². The van der Waals surface area contributed by atoms with Gasteiger partial charge < -0.3 is 15.0 Å². The maximum Gasteiger partial charge on any atom is 0.229 e. The Bertz CT molecular complexity index is 301. The molecule has 1 amide bonds. The largest absolute Gasteiger partial charge is 0.379 e. The van der Waals surface area contributed by atoms with E-state index < -0.39 is 10.8 Å². The Hall–Kier alpha value is -0.460. The van der Waals surface area contributed by atoms with Gasteiger partial charge in [-0.15, -0.1) is 0 Å². The maximum absolute atomic E-state index is 12.3. The molecule has 17 heavy (non-hydrogen) atoms. The van der Waals surface area contributed by atoms with Crippen molar-refractivity contribution in [3.8, 4) is 0 Å². The van der Waals surface area contributed by atoms with Gasteiger partial charge in [0.05, 0.1) is 19.1 Å². The molecule has 98 valence electrons. The molecule has 0 saturated carbocycles. The van der Waals surface area contributed by atoms with E-state index in [1.807, 2.05) is 11.8 Å². The van der Waals surface area contributed by atoms with Crippen LogP contribution in [0.2, 0.25) is 0 Å². The van der Waals surface area contributed by atoms with Gasteiger partial charge in [0.1, 0.15) is 0 Å². The van der Waals surface area contributed by atoms with Crippen LogP contribution in [0.15, 0.2) is 0 Å². The van der Waals surface area contributed by atoms with Gasteiger partial charge in [0, 0.05) is 41.4 Å². The molecular weight excluding hydrogens is 240 g/mol. The van der Waals surface area contributed by atoms with E-state index in [0.29, 0.717) is 37.8 Å². The summed E-state index contributed by atoms with van der Waals surface area (Å²) in [7, 11) is -0.732. The van der Waals surface area contributed by atoms with E-state index in [9.17, 15) is 9.00 Å². The first-order valence-corrected chi connectivity index (χ1v) is 7.66. The second-order valence-electron chi connectivity index (χ2n) is 4.48. The molecule has 2 rings (SSSR count). The highest BCUT2D eigenvalue weighted by molar-refractivity contribution is 7.85. The Morgan fingerprint density at radius 3 is 2.76 bits per heavy atom. The maximum atomic E-state index is 12.3. The van der Waals surface area contributed by atoms with Crippen LogP contribution in [0.1, 0.15) is 6.92 Å². The van der Waals surface area contributed by atoms with E-state index >= 15 is 0 Å². The fraction of sp³-hybridized carbons (Fsp3) is 0.909. The van der Waals surface area contributed by atoms with Gasteiger partial charge in [0.2, 0.25) is 5.91 Å². The highest BCUT2D eigenvalue weighted by Crippen LogP contribution is 2.17. The van der Waals surface area contributed by atoms with Crippen LogP contribution in [0.5, 0.6) is 0 Å². The molecule has 0 bridgehead atoms. The monoisotopic (exact) mass is 260 g/mol. The predicted octanol–water partition coefficient (Wildman–Crippen LogP) is -0.798. The molecule has 2 aliphatic rings. The normalized spacial score (nSPS) is 30.8. The first kappa shape index (κ1) is 13.0. The van der Waals surface area contributed by atoms with Crippen LogP contribution in [0.3, 0.4) is 0 Å². The van der Waals surface area contributed by atoms with Crippen LogP contribution in [-0.4, -0.2) is 65.4 Å². The Balaban J connectivity index is 1.92. The van der Waals surface area contributed by atoms with Crippen molar-refractivity contribution >= 4 is 16.7 Å². The molecule has 0 aromatic heterocycles. The van der Waals surface area contributed by atoms with E-state index in [4.69, 9.17) is 4.74 Å². The van der Waals surface area contributed by atoms with Gasteiger partial charge in [-0.25, -0.2) is 0 Å². The molecule has 2 heterocycles. The van der Waals surface area contributed by atoms with Crippen LogP contribution in [0, 0.1) is 5.92 Å². The summed E-state index contributed by atoms with van der Waals surface area (Å²) >= 11 is 0. The second kappa shape index (κ2) is 5.93. The number of carbonyl (C=O) groups excluding carboxylic acids is 1. The molecular formula is C11H20N2O3S. The summed E-state index contributed by atoms with van der Waals surface area (Å²) in [6, 6.07) is 0.139. The van der Waals surface area contributed by atoms with E-state index in [2.05, 4.69) is 5.32 Å². The zero-order valence-electron chi connectivity index (χ0n) is 10.2. The molecule has 2 fully saturated rings. The van der Waals surface area contributed by atoms with Gasteiger partial charge in [0.25, 0.3) is 0 Å². The third-order valence-corrected chi connectivity index (χ3v) is 4.63. The number of carbonyl (C=O) groups is 1. The Morgan fingerprint density at radius 2 is 2.12 bits per heavy atom. The summed E-state index contributed by atoms with van der Waals surface area (Å²) in [5.74, 6) is 1.32. The fourth-order valence-corrected chi connectivity index (χ4v) is 3.41. The molecule has 2 saturated heterocycles. The van der Waals surface area contributed by atoms with Crippen molar-refractivity contribution in [2.75, 3.05) is 44.4 Å². The quantitative estimate of drug-likeness (QED) is 0.722. The van der Waals surface area contributed by atoms with E-state index in [-0.39, 0.29) is 17.9 Å². The number of likely N-dealkylation sites (N-methyl/N-ethyl adjacent to an activating group) is 1. The number of hydrogen-bond acceptors (Lipinski definition) is 4. The Morgan fingerprint density at radius 1 is 1.41 bits per heavy atom. The smallest absolute Gasteiger partial charge is 0.229 e. The summed E-state index contributed by atoms with van der Waals surface area (Å²) in [5, 5.41) is 3.29. The van der Waals surface area contributed by atoms with Gasteiger partial charge >= 0.3 is 0 Å². The summed E-state index contributed by atoms with van der Waals surface area (Å²) < 4.78 is 16.6. The first-order chi connectivity index (χ1) is 8.22. The molecule has 5 nitrogen and oxygen atoms in total. The lowest BCUT2D eigenvalue weighted by molar-refractivity contribution is -0.135. The van der Waals surface area contributed by atoms with Crippen LogP contribution in [0.4, 0.5) is 0 Å². The van der Waals surface area contributed by atoms with Crippen LogP contribution >= 0.6 is 0 Å². The van der Waals surface area contributed by atoms with Crippen molar-refractivity contribution < 1.29 is 13.7 Å². The molecule has 0 aromatic rings. The summed E-state index contributed by atoms with van der Waals surface area (Å²) in [6.45, 7) is 5.26. The molecule has 6 heteroatoms. The number of rotatable bonds is 3. The lowest BCUT2D eigenvalue weighted by atomic mass is 10.0. The highest BCUT2D eigenvalue weighted by atomic mass is 32.2. The second-order valence-corrected chi connectivity index (χ2v) is 6.18. The van der Waals surface area contributed by atoms with Gasteiger partial charge in [-0.05, 0) is 6.54 Å². The minimum atomic E-state index is -0.732. The summed E-state index contributed by atoms with van der Waals surface area (Å²) in [5.41, 5.74) is 0. The average Bonchev–Trinajstić information content (AvgIpc) is 2.78. The highest BCUT2D eigenvalue weighted by Gasteiger charge is 2.36. The molecule has 2 aliphatic heterocycles. The molecule has 2 unspecified atom stereocenters. The molecule has 1 N–H and O–H groups in total. The SMILES string of the molecule is CCNC1COCC1C(=O)N1CCS(=O)CC1. The molecule has 0 spiro atoms. The zero-order chi connectivity index (χ0) is 12.3. The van der Waals surface area contributed by atoms with Gasteiger partial charge in [-0.3, -0.25) is 9.00 Å². The molecule has 2 atom stereocenters. The van der Waals surface area contributed by atoms with Crippen LogP contribution in [-0.2, 0) is 20.3 Å². The minimum absolute atomic E-state index is 0.0681. The third kappa shape index (κ3) is 3.05. The van der Waals surface area contributed by atoms with Crippen molar-refractivity contribution in [1.82, 2.24) is 10.2 Å². The van der Waals surface area contributed by atoms with Crippen molar-refractivity contribution in [3.05, 3.63) is 0 Å². The molecule has 0 aromatic carbocycles. The van der Waals surface area contributed by atoms with Crippen molar-refractivity contribution in [3.63, 3.8) is 0 Å². The molecule has 0 aliphatic carbocycles. The predicted molar refractivity (Wildman–Crippen MR) is 66.2 cm³/mol. The van der Waals surface area contributed by atoms with E-state index in [1.54, 1.807) is 0 Å². The number of ether oxygens (including phenoxy) is 1. The van der Waals surface area contributed by atoms with Crippen molar-refractivity contribution in [1.29, 1.82) is 0 Å². The standard InChI is InChI=1S/C11H20N2O3S/c1-2-12-10-8-16-7-9(10)11(14)13-3-5-17(15)6-4-13/h9-10,12H,2-8H2,1H3. The zero-order valence-corrected chi connectivity index (χ0v) is 11.0. The number of nitrogens with zero attached hydrogens (tertiary/aromatic N) is 1. The minimum Gasteiger partial charge on any atom is -0.379 e. The number of nitrogens with one attached hydrogen (secondary N) is 1. The number of amides is 1. The third-order valence-electron chi connectivity index (χ3n) is 3.35.